The molecule has 0 aliphatic carbocycles. The fraction of sp³-hybridized carbons (Fsp3) is 0.455. The fourth-order valence-corrected chi connectivity index (χ4v) is 2.42. The Morgan fingerprint density at radius 2 is 2.21 bits per heavy atom. The van der Waals surface area contributed by atoms with Crippen LogP contribution in [0.2, 0.25) is 0 Å². The molecule has 2 rings (SSSR count). The third kappa shape index (κ3) is 3.90. The van der Waals surface area contributed by atoms with E-state index in [1.165, 1.54) is 0 Å². The Labute approximate surface area is 116 Å². The lowest BCUT2D eigenvalue weighted by atomic mass is 10.2. The van der Waals surface area contributed by atoms with Crippen LogP contribution in [0.25, 0.3) is 5.95 Å². The number of nitrogens with two attached hydrogens (primary N) is 1. The van der Waals surface area contributed by atoms with Gasteiger partial charge in [0.15, 0.2) is 5.16 Å². The minimum atomic E-state index is 0.353. The Bertz CT molecular complexity index is 512. The predicted octanol–water partition coefficient (Wildman–Crippen LogP) is 1.48. The van der Waals surface area contributed by atoms with Gasteiger partial charge in [0.1, 0.15) is 6.33 Å². The molecule has 2 heterocycles. The number of hydrazine groups is 1. The summed E-state index contributed by atoms with van der Waals surface area (Å²) in [5, 5.41) is 0.660. The SMILES string of the molecule is CC(C)CCSc1nc(NN)nc(-n2ccnc2)n1. The van der Waals surface area contributed by atoms with E-state index in [4.69, 9.17) is 5.84 Å². The van der Waals surface area contributed by atoms with Crippen LogP contribution in [0.3, 0.4) is 0 Å². The van der Waals surface area contributed by atoms with E-state index >= 15 is 0 Å². The van der Waals surface area contributed by atoms with Crippen LogP contribution < -0.4 is 11.3 Å². The topological polar surface area (TPSA) is 94.5 Å². The Hall–Kier alpha value is -1.67. The standard InChI is InChI=1S/C11H17N7S/c1-8(2)3-6-19-11-15-9(17-12)14-10(16-11)18-5-4-13-7-18/h4-5,7-8H,3,6,12H2,1-2H3,(H,14,15,16,17). The molecule has 7 nitrogen and oxygen atoms in total. The normalized spacial score (nSPS) is 10.9. The molecule has 0 fully saturated rings. The average molecular weight is 279 g/mol. The van der Waals surface area contributed by atoms with Crippen molar-refractivity contribution < 1.29 is 0 Å². The van der Waals surface area contributed by atoms with E-state index in [2.05, 4.69) is 39.2 Å². The molecule has 0 spiro atoms. The van der Waals surface area contributed by atoms with Gasteiger partial charge in [-0.2, -0.15) is 15.0 Å². The van der Waals surface area contributed by atoms with Crippen molar-refractivity contribution in [1.82, 2.24) is 24.5 Å². The van der Waals surface area contributed by atoms with Gasteiger partial charge in [-0.3, -0.25) is 9.99 Å². The van der Waals surface area contributed by atoms with Crippen molar-refractivity contribution in [1.29, 1.82) is 0 Å². The van der Waals surface area contributed by atoms with E-state index in [1.807, 2.05) is 0 Å². The van der Waals surface area contributed by atoms with Gasteiger partial charge in [0.05, 0.1) is 0 Å². The molecule has 0 amide bonds. The van der Waals surface area contributed by atoms with Gasteiger partial charge in [0.25, 0.3) is 0 Å². The summed E-state index contributed by atoms with van der Waals surface area (Å²) in [5.41, 5.74) is 2.46. The molecule has 0 saturated carbocycles. The quantitative estimate of drug-likeness (QED) is 0.470. The Kier molecular flexibility index (Phi) is 4.69. The molecule has 2 aromatic rings. The van der Waals surface area contributed by atoms with Crippen molar-refractivity contribution in [2.45, 2.75) is 25.4 Å². The van der Waals surface area contributed by atoms with Gasteiger partial charge >= 0.3 is 0 Å². The summed E-state index contributed by atoms with van der Waals surface area (Å²) in [6.45, 7) is 4.38. The van der Waals surface area contributed by atoms with Gasteiger partial charge in [-0.05, 0) is 12.3 Å². The summed E-state index contributed by atoms with van der Waals surface area (Å²) in [7, 11) is 0. The van der Waals surface area contributed by atoms with Crippen LogP contribution in [0.15, 0.2) is 23.9 Å². The summed E-state index contributed by atoms with van der Waals surface area (Å²) in [6.07, 6.45) is 6.20. The first-order valence-electron chi connectivity index (χ1n) is 6.03. The summed E-state index contributed by atoms with van der Waals surface area (Å²) in [5.74, 6) is 7.87. The Balaban J connectivity index is 2.16. The van der Waals surface area contributed by atoms with Gasteiger partial charge in [-0.1, -0.05) is 25.6 Å². The van der Waals surface area contributed by atoms with E-state index in [0.717, 1.165) is 12.2 Å². The second kappa shape index (κ2) is 6.48. The van der Waals surface area contributed by atoms with Crippen LogP contribution in [-0.2, 0) is 0 Å². The maximum Gasteiger partial charge on any atom is 0.242 e. The highest BCUT2D eigenvalue weighted by Crippen LogP contribution is 2.18. The first kappa shape index (κ1) is 13.8. The molecule has 0 saturated heterocycles. The molecule has 19 heavy (non-hydrogen) atoms. The van der Waals surface area contributed by atoms with Crippen LogP contribution in [0.5, 0.6) is 0 Å². The number of nitrogen functional groups attached to an aromatic ring is 1. The highest BCUT2D eigenvalue weighted by atomic mass is 32.2. The minimum absolute atomic E-state index is 0.353. The first-order chi connectivity index (χ1) is 9.19. The van der Waals surface area contributed by atoms with Crippen molar-refractivity contribution in [3.05, 3.63) is 18.7 Å². The summed E-state index contributed by atoms with van der Waals surface area (Å²) >= 11 is 1.60. The minimum Gasteiger partial charge on any atom is -0.292 e. The monoisotopic (exact) mass is 279 g/mol. The molecular weight excluding hydrogens is 262 g/mol. The largest absolute Gasteiger partial charge is 0.292 e. The number of aromatic nitrogens is 5. The zero-order valence-corrected chi connectivity index (χ0v) is 11.8. The zero-order chi connectivity index (χ0) is 13.7. The second-order valence-corrected chi connectivity index (χ2v) is 5.45. The van der Waals surface area contributed by atoms with E-state index in [0.29, 0.717) is 23.0 Å². The van der Waals surface area contributed by atoms with Gasteiger partial charge in [0.2, 0.25) is 11.9 Å². The van der Waals surface area contributed by atoms with Crippen LogP contribution in [0, 0.1) is 5.92 Å². The van der Waals surface area contributed by atoms with Crippen molar-refractivity contribution in [2.75, 3.05) is 11.2 Å². The van der Waals surface area contributed by atoms with E-state index in [1.54, 1.807) is 35.0 Å². The molecule has 0 aliphatic rings. The van der Waals surface area contributed by atoms with Gasteiger partial charge in [-0.15, -0.1) is 0 Å². The van der Waals surface area contributed by atoms with Crippen molar-refractivity contribution in [2.24, 2.45) is 11.8 Å². The maximum absolute atomic E-state index is 5.38. The number of hydrogen-bond acceptors (Lipinski definition) is 7. The molecule has 3 N–H and O–H groups in total. The van der Waals surface area contributed by atoms with Gasteiger partial charge in [-0.25, -0.2) is 10.8 Å². The lowest BCUT2D eigenvalue weighted by molar-refractivity contribution is 0.631. The van der Waals surface area contributed by atoms with Crippen molar-refractivity contribution in [3.8, 4) is 5.95 Å². The molecule has 0 aliphatic heterocycles. The molecule has 102 valence electrons. The molecule has 0 radical (unpaired) electrons. The van der Waals surface area contributed by atoms with E-state index < -0.39 is 0 Å². The lowest BCUT2D eigenvalue weighted by Gasteiger charge is -2.07. The number of thioether (sulfide) groups is 1. The van der Waals surface area contributed by atoms with E-state index in [-0.39, 0.29) is 0 Å². The molecular formula is C11H17N7S. The smallest absolute Gasteiger partial charge is 0.242 e. The molecule has 0 bridgehead atoms. The third-order valence-corrected chi connectivity index (χ3v) is 3.27. The van der Waals surface area contributed by atoms with Crippen molar-refractivity contribution in [3.63, 3.8) is 0 Å². The summed E-state index contributed by atoms with van der Waals surface area (Å²) in [4.78, 5) is 16.8. The predicted molar refractivity (Wildman–Crippen MR) is 74.9 cm³/mol. The Morgan fingerprint density at radius 3 is 2.84 bits per heavy atom. The lowest BCUT2D eigenvalue weighted by Crippen LogP contribution is -2.14. The van der Waals surface area contributed by atoms with Gasteiger partial charge in [0, 0.05) is 18.1 Å². The average Bonchev–Trinajstić information content (AvgIpc) is 2.92. The second-order valence-electron chi connectivity index (χ2n) is 4.39. The molecule has 0 atom stereocenters. The first-order valence-corrected chi connectivity index (χ1v) is 7.01. The van der Waals surface area contributed by atoms with E-state index in [9.17, 15) is 0 Å². The third-order valence-electron chi connectivity index (χ3n) is 2.39. The highest BCUT2D eigenvalue weighted by molar-refractivity contribution is 7.99. The number of nitrogens with zero attached hydrogens (tertiary/aromatic N) is 5. The molecule has 0 aromatic carbocycles. The number of nitrogens with one attached hydrogen (secondary N) is 1. The molecule has 2 aromatic heterocycles. The Morgan fingerprint density at radius 1 is 1.37 bits per heavy atom. The number of hydrogen-bond donors (Lipinski definition) is 2. The van der Waals surface area contributed by atoms with Crippen LogP contribution in [-0.4, -0.2) is 30.3 Å². The highest BCUT2D eigenvalue weighted by Gasteiger charge is 2.08. The van der Waals surface area contributed by atoms with Gasteiger partial charge < -0.3 is 0 Å². The summed E-state index contributed by atoms with van der Waals surface area (Å²) in [6, 6.07) is 0. The number of imidazole rings is 1. The molecule has 0 unspecified atom stereocenters. The van der Waals surface area contributed by atoms with Crippen LogP contribution in [0.4, 0.5) is 5.95 Å². The fourth-order valence-electron chi connectivity index (χ4n) is 1.35. The van der Waals surface area contributed by atoms with Crippen molar-refractivity contribution >= 4 is 17.7 Å². The zero-order valence-electron chi connectivity index (χ0n) is 10.9. The number of anilines is 1. The van der Waals surface area contributed by atoms with Crippen LogP contribution >= 0.6 is 11.8 Å². The van der Waals surface area contributed by atoms with Crippen LogP contribution in [0.1, 0.15) is 20.3 Å². The number of rotatable bonds is 6. The molecule has 8 heteroatoms. The summed E-state index contributed by atoms with van der Waals surface area (Å²) < 4.78 is 1.72. The maximum atomic E-state index is 5.38.